The van der Waals surface area contributed by atoms with Crippen LogP contribution in [0, 0.1) is 23.2 Å². The highest BCUT2D eigenvalue weighted by atomic mass is 28.3. The molecule has 0 aliphatic heterocycles. The van der Waals surface area contributed by atoms with Crippen LogP contribution in [0.25, 0.3) is 0 Å². The van der Waals surface area contributed by atoms with Crippen LogP contribution >= 0.6 is 0 Å². The van der Waals surface area contributed by atoms with E-state index >= 15 is 0 Å². The maximum absolute atomic E-state index is 12.4. The van der Waals surface area contributed by atoms with Crippen molar-refractivity contribution < 1.29 is 9.53 Å². The first-order valence-corrected chi connectivity index (χ1v) is 12.1. The standard InChI is InChI=1S/C17H32O2Si/c1-7-17(2,3)16(18)19-15-13-9-8-12(10-13)14(15)11-20(4,5)6/h12-15H,7-11H2,1-6H3. The predicted molar refractivity (Wildman–Crippen MR) is 86.4 cm³/mol. The molecule has 2 aliphatic carbocycles. The van der Waals surface area contributed by atoms with Crippen LogP contribution in [-0.2, 0) is 9.53 Å². The molecule has 2 bridgehead atoms. The van der Waals surface area contributed by atoms with Crippen LogP contribution < -0.4 is 0 Å². The summed E-state index contributed by atoms with van der Waals surface area (Å²) in [5, 5.41) is 0. The zero-order chi connectivity index (χ0) is 15.1. The Balaban J connectivity index is 2.07. The van der Waals surface area contributed by atoms with Crippen molar-refractivity contribution in [2.75, 3.05) is 0 Å². The summed E-state index contributed by atoms with van der Waals surface area (Å²) in [6, 6.07) is 1.32. The molecule has 116 valence electrons. The second-order valence-electron chi connectivity index (χ2n) is 8.87. The van der Waals surface area contributed by atoms with E-state index in [0.29, 0.717) is 11.8 Å². The minimum absolute atomic E-state index is 0.0260. The van der Waals surface area contributed by atoms with Gasteiger partial charge in [0.15, 0.2) is 0 Å². The SMILES string of the molecule is CCC(C)(C)C(=O)OC1C2CCC(C2)C1C[Si](C)(C)C. The van der Waals surface area contributed by atoms with Gasteiger partial charge in [0.25, 0.3) is 0 Å². The number of carbonyl (C=O) groups excluding carboxylic acids is 1. The lowest BCUT2D eigenvalue weighted by Crippen LogP contribution is -2.40. The van der Waals surface area contributed by atoms with Gasteiger partial charge in [-0.05, 0) is 57.3 Å². The van der Waals surface area contributed by atoms with Gasteiger partial charge in [-0.15, -0.1) is 0 Å². The first-order valence-electron chi connectivity index (χ1n) is 8.35. The van der Waals surface area contributed by atoms with Crippen LogP contribution in [0.2, 0.25) is 25.7 Å². The molecule has 0 N–H and O–H groups in total. The minimum Gasteiger partial charge on any atom is -0.461 e. The molecule has 3 heteroatoms. The van der Waals surface area contributed by atoms with E-state index in [9.17, 15) is 4.79 Å². The Kier molecular flexibility index (Phi) is 4.39. The van der Waals surface area contributed by atoms with E-state index < -0.39 is 8.07 Å². The molecule has 2 nitrogen and oxygen atoms in total. The molecule has 2 aliphatic rings. The maximum Gasteiger partial charge on any atom is 0.311 e. The fourth-order valence-electron chi connectivity index (χ4n) is 3.96. The van der Waals surface area contributed by atoms with Gasteiger partial charge < -0.3 is 4.74 Å². The molecule has 0 aromatic carbocycles. The van der Waals surface area contributed by atoms with Crippen LogP contribution in [0.1, 0.15) is 46.5 Å². The summed E-state index contributed by atoms with van der Waals surface area (Å²) in [6.45, 7) is 13.4. The Bertz CT molecular complexity index is 370. The molecule has 0 radical (unpaired) electrons. The summed E-state index contributed by atoms with van der Waals surface area (Å²) >= 11 is 0. The molecule has 0 saturated heterocycles. The average molecular weight is 297 g/mol. The Morgan fingerprint density at radius 1 is 1.20 bits per heavy atom. The lowest BCUT2D eigenvalue weighted by Gasteiger charge is -2.36. The monoisotopic (exact) mass is 296 g/mol. The van der Waals surface area contributed by atoms with Crippen LogP contribution in [-0.4, -0.2) is 20.1 Å². The molecular weight excluding hydrogens is 264 g/mol. The number of fused-ring (bicyclic) bond motifs is 2. The zero-order valence-corrected chi connectivity index (χ0v) is 15.2. The first-order chi connectivity index (χ1) is 9.14. The third kappa shape index (κ3) is 3.29. The van der Waals surface area contributed by atoms with Gasteiger partial charge in [-0.2, -0.15) is 0 Å². The van der Waals surface area contributed by atoms with E-state index in [1.165, 1.54) is 25.3 Å². The molecule has 0 spiro atoms. The highest BCUT2D eigenvalue weighted by molar-refractivity contribution is 6.76. The Morgan fingerprint density at radius 3 is 2.35 bits per heavy atom. The van der Waals surface area contributed by atoms with Crippen molar-refractivity contribution in [3.63, 3.8) is 0 Å². The molecule has 4 unspecified atom stereocenters. The largest absolute Gasteiger partial charge is 0.461 e. The molecule has 2 rings (SSSR count). The van der Waals surface area contributed by atoms with E-state index in [0.717, 1.165) is 12.3 Å². The number of esters is 1. The maximum atomic E-state index is 12.4. The van der Waals surface area contributed by atoms with Crippen molar-refractivity contribution in [1.82, 2.24) is 0 Å². The van der Waals surface area contributed by atoms with Gasteiger partial charge in [0.05, 0.1) is 5.41 Å². The number of ether oxygens (including phenoxy) is 1. The fourth-order valence-corrected chi connectivity index (χ4v) is 5.94. The molecule has 2 fully saturated rings. The Morgan fingerprint density at radius 2 is 1.80 bits per heavy atom. The van der Waals surface area contributed by atoms with Crippen molar-refractivity contribution in [2.45, 2.75) is 78.2 Å². The van der Waals surface area contributed by atoms with Crippen molar-refractivity contribution in [1.29, 1.82) is 0 Å². The van der Waals surface area contributed by atoms with Gasteiger partial charge in [0.2, 0.25) is 0 Å². The van der Waals surface area contributed by atoms with Crippen LogP contribution in [0.5, 0.6) is 0 Å². The van der Waals surface area contributed by atoms with Gasteiger partial charge in [0.1, 0.15) is 6.10 Å². The summed E-state index contributed by atoms with van der Waals surface area (Å²) in [7, 11) is -1.10. The highest BCUT2D eigenvalue weighted by Crippen LogP contribution is 2.52. The lowest BCUT2D eigenvalue weighted by molar-refractivity contribution is -0.165. The van der Waals surface area contributed by atoms with Crippen molar-refractivity contribution in [3.8, 4) is 0 Å². The molecule has 0 amide bonds. The highest BCUT2D eigenvalue weighted by Gasteiger charge is 2.51. The fraction of sp³-hybridized carbons (Fsp3) is 0.941. The molecule has 0 heterocycles. The van der Waals surface area contributed by atoms with E-state index in [-0.39, 0.29) is 17.5 Å². The second kappa shape index (κ2) is 5.47. The molecule has 20 heavy (non-hydrogen) atoms. The van der Waals surface area contributed by atoms with Crippen molar-refractivity contribution in [2.24, 2.45) is 23.2 Å². The number of rotatable bonds is 5. The Labute approximate surface area is 125 Å². The normalized spacial score (nSPS) is 33.5. The van der Waals surface area contributed by atoms with Gasteiger partial charge in [-0.3, -0.25) is 4.79 Å². The third-order valence-electron chi connectivity index (χ3n) is 5.53. The minimum atomic E-state index is -1.10. The van der Waals surface area contributed by atoms with E-state index in [2.05, 4.69) is 26.6 Å². The second-order valence-corrected chi connectivity index (χ2v) is 14.4. The smallest absolute Gasteiger partial charge is 0.311 e. The average Bonchev–Trinajstić information content (AvgIpc) is 2.90. The van der Waals surface area contributed by atoms with Crippen LogP contribution in [0.4, 0.5) is 0 Å². The summed E-state index contributed by atoms with van der Waals surface area (Å²) in [4.78, 5) is 12.4. The molecule has 0 aromatic heterocycles. The zero-order valence-electron chi connectivity index (χ0n) is 14.2. The van der Waals surface area contributed by atoms with Crippen molar-refractivity contribution in [3.05, 3.63) is 0 Å². The van der Waals surface area contributed by atoms with Gasteiger partial charge in [-0.25, -0.2) is 0 Å². The van der Waals surface area contributed by atoms with Gasteiger partial charge in [-0.1, -0.05) is 32.6 Å². The summed E-state index contributed by atoms with van der Waals surface area (Å²) in [6.07, 6.45) is 5.02. The first kappa shape index (κ1) is 16.1. The quantitative estimate of drug-likeness (QED) is 0.542. The van der Waals surface area contributed by atoms with E-state index in [1.807, 2.05) is 13.8 Å². The predicted octanol–water partition coefficient (Wildman–Crippen LogP) is 4.72. The topological polar surface area (TPSA) is 26.3 Å². The molecule has 4 atom stereocenters. The summed E-state index contributed by atoms with van der Waals surface area (Å²) in [5.41, 5.74) is -0.328. The summed E-state index contributed by atoms with van der Waals surface area (Å²) < 4.78 is 6.04. The van der Waals surface area contributed by atoms with E-state index in [4.69, 9.17) is 4.74 Å². The van der Waals surface area contributed by atoms with E-state index in [1.54, 1.807) is 0 Å². The number of hydrogen-bond donors (Lipinski definition) is 0. The molecule has 0 aromatic rings. The van der Waals surface area contributed by atoms with Crippen LogP contribution in [0.15, 0.2) is 0 Å². The number of carbonyl (C=O) groups is 1. The molecular formula is C17H32O2Si. The lowest BCUT2D eigenvalue weighted by atomic mass is 9.86. The summed E-state index contributed by atoms with van der Waals surface area (Å²) in [5.74, 6) is 2.15. The number of hydrogen-bond acceptors (Lipinski definition) is 2. The van der Waals surface area contributed by atoms with Gasteiger partial charge >= 0.3 is 5.97 Å². The van der Waals surface area contributed by atoms with Gasteiger partial charge in [0, 0.05) is 8.07 Å². The van der Waals surface area contributed by atoms with Crippen molar-refractivity contribution >= 4 is 14.0 Å². The molecule has 2 saturated carbocycles. The third-order valence-corrected chi connectivity index (χ3v) is 7.23. The Hall–Kier alpha value is -0.313. The van der Waals surface area contributed by atoms with Crippen LogP contribution in [0.3, 0.4) is 0 Å².